The van der Waals surface area contributed by atoms with Gasteiger partial charge in [-0.15, -0.1) is 0 Å². The highest BCUT2D eigenvalue weighted by molar-refractivity contribution is 5.22. The molecule has 1 fully saturated rings. The Morgan fingerprint density at radius 2 is 2.00 bits per heavy atom. The van der Waals surface area contributed by atoms with Gasteiger partial charge in [0.05, 0.1) is 6.10 Å². The lowest BCUT2D eigenvalue weighted by molar-refractivity contribution is 0.0953. The van der Waals surface area contributed by atoms with Gasteiger partial charge in [-0.1, -0.05) is 6.92 Å². The van der Waals surface area contributed by atoms with Crippen LogP contribution >= 0.6 is 0 Å². The van der Waals surface area contributed by atoms with Crippen LogP contribution in [-0.4, -0.2) is 19.3 Å². The molecule has 0 aromatic heterocycles. The third kappa shape index (κ3) is 3.51. The molecule has 19 heavy (non-hydrogen) atoms. The van der Waals surface area contributed by atoms with Gasteiger partial charge in [-0.2, -0.15) is 0 Å². The lowest BCUT2D eigenvalue weighted by Crippen LogP contribution is -2.32. The van der Waals surface area contributed by atoms with Crippen molar-refractivity contribution in [1.29, 1.82) is 0 Å². The Balaban J connectivity index is 2.25. The zero-order chi connectivity index (χ0) is 13.8. The van der Waals surface area contributed by atoms with E-state index in [9.17, 15) is 8.78 Å². The van der Waals surface area contributed by atoms with Crippen LogP contribution in [0.15, 0.2) is 18.2 Å². The van der Waals surface area contributed by atoms with Crippen LogP contribution < -0.4 is 5.32 Å². The van der Waals surface area contributed by atoms with Gasteiger partial charge in [0.2, 0.25) is 0 Å². The summed E-state index contributed by atoms with van der Waals surface area (Å²) >= 11 is 0. The summed E-state index contributed by atoms with van der Waals surface area (Å²) in [5.41, 5.74) is 0.674. The Morgan fingerprint density at radius 1 is 1.32 bits per heavy atom. The summed E-state index contributed by atoms with van der Waals surface area (Å²) in [6, 6.07) is 3.69. The van der Waals surface area contributed by atoms with Crippen molar-refractivity contribution in [2.24, 2.45) is 5.92 Å². The van der Waals surface area contributed by atoms with Gasteiger partial charge in [-0.3, -0.25) is 0 Å². The molecule has 1 aromatic carbocycles. The fourth-order valence-corrected chi connectivity index (χ4v) is 2.76. The maximum absolute atomic E-state index is 13.4. The monoisotopic (exact) mass is 269 g/mol. The van der Waals surface area contributed by atoms with E-state index in [1.165, 1.54) is 12.1 Å². The van der Waals surface area contributed by atoms with E-state index >= 15 is 0 Å². The largest absolute Gasteiger partial charge is 0.378 e. The smallest absolute Gasteiger partial charge is 0.126 e. The van der Waals surface area contributed by atoms with Crippen molar-refractivity contribution in [3.05, 3.63) is 35.4 Å². The second-order valence-electron chi connectivity index (χ2n) is 5.16. The Hall–Kier alpha value is -1.00. The van der Waals surface area contributed by atoms with Gasteiger partial charge < -0.3 is 10.1 Å². The van der Waals surface area contributed by atoms with E-state index in [1.54, 1.807) is 0 Å². The van der Waals surface area contributed by atoms with Gasteiger partial charge >= 0.3 is 0 Å². The van der Waals surface area contributed by atoms with E-state index in [0.717, 1.165) is 25.5 Å². The molecule has 4 heteroatoms. The normalized spacial score (nSPS) is 24.6. The molecule has 3 unspecified atom stereocenters. The van der Waals surface area contributed by atoms with Crippen molar-refractivity contribution in [2.45, 2.75) is 38.8 Å². The average molecular weight is 269 g/mol. The first kappa shape index (κ1) is 14.4. The zero-order valence-corrected chi connectivity index (χ0v) is 11.5. The first-order valence-corrected chi connectivity index (χ1v) is 6.92. The van der Waals surface area contributed by atoms with Gasteiger partial charge in [-0.05, 0) is 44.0 Å². The molecule has 1 N–H and O–H groups in total. The molecule has 0 spiro atoms. The van der Waals surface area contributed by atoms with E-state index in [2.05, 4.69) is 12.2 Å². The highest BCUT2D eigenvalue weighted by atomic mass is 19.1. The molecule has 0 bridgehead atoms. The first-order chi connectivity index (χ1) is 9.11. The van der Waals surface area contributed by atoms with E-state index in [1.807, 2.05) is 6.92 Å². The van der Waals surface area contributed by atoms with Crippen LogP contribution in [0.1, 0.15) is 38.3 Å². The summed E-state index contributed by atoms with van der Waals surface area (Å²) < 4.78 is 32.4. The van der Waals surface area contributed by atoms with Crippen LogP contribution in [0.2, 0.25) is 0 Å². The molecule has 1 aliphatic heterocycles. The summed E-state index contributed by atoms with van der Waals surface area (Å²) in [6.45, 7) is 5.64. The minimum Gasteiger partial charge on any atom is -0.378 e. The Bertz CT molecular complexity index is 404. The molecule has 3 atom stereocenters. The predicted octanol–water partition coefficient (Wildman–Crippen LogP) is 3.43. The predicted molar refractivity (Wildman–Crippen MR) is 70.9 cm³/mol. The molecule has 1 heterocycles. The number of hydrogen-bond donors (Lipinski definition) is 1. The molecule has 1 aromatic rings. The number of nitrogens with one attached hydrogen (secondary N) is 1. The highest BCUT2D eigenvalue weighted by Gasteiger charge is 2.32. The molecule has 0 aliphatic carbocycles. The van der Waals surface area contributed by atoms with E-state index in [4.69, 9.17) is 4.74 Å². The quantitative estimate of drug-likeness (QED) is 0.884. The number of hydrogen-bond acceptors (Lipinski definition) is 2. The molecule has 1 saturated heterocycles. The molecular weight excluding hydrogens is 248 g/mol. The molecule has 0 saturated carbocycles. The summed E-state index contributed by atoms with van der Waals surface area (Å²) in [7, 11) is 0. The number of halogens is 2. The Morgan fingerprint density at radius 3 is 2.53 bits per heavy atom. The van der Waals surface area contributed by atoms with Crippen LogP contribution in [0.3, 0.4) is 0 Å². The third-order valence-corrected chi connectivity index (χ3v) is 3.72. The molecule has 106 valence electrons. The first-order valence-electron chi connectivity index (χ1n) is 6.92. The molecule has 1 aliphatic rings. The topological polar surface area (TPSA) is 21.3 Å². The van der Waals surface area contributed by atoms with Crippen LogP contribution in [0, 0.1) is 17.6 Å². The van der Waals surface area contributed by atoms with Gasteiger partial charge in [-0.25, -0.2) is 8.78 Å². The molecule has 0 radical (unpaired) electrons. The van der Waals surface area contributed by atoms with E-state index in [0.29, 0.717) is 12.2 Å². The summed E-state index contributed by atoms with van der Waals surface area (Å²) in [4.78, 5) is 0. The Kier molecular flexibility index (Phi) is 4.88. The molecular formula is C15H21F2NO. The fourth-order valence-electron chi connectivity index (χ4n) is 2.76. The fraction of sp³-hybridized carbons (Fsp3) is 0.600. The van der Waals surface area contributed by atoms with E-state index in [-0.39, 0.29) is 18.1 Å². The second-order valence-corrected chi connectivity index (χ2v) is 5.16. The van der Waals surface area contributed by atoms with Gasteiger partial charge in [0.25, 0.3) is 0 Å². The zero-order valence-electron chi connectivity index (χ0n) is 11.5. The van der Waals surface area contributed by atoms with Gasteiger partial charge in [0.15, 0.2) is 0 Å². The standard InChI is InChI=1S/C15H21F2NO/c1-3-5-18-15(14-4-6-19-10(14)2)11-7-12(16)9-13(17)8-11/h7-10,14-15,18H,3-6H2,1-2H3. The van der Waals surface area contributed by atoms with E-state index < -0.39 is 11.6 Å². The SMILES string of the molecule is CCCNC(c1cc(F)cc(F)c1)C1CCOC1C. The van der Waals surface area contributed by atoms with Crippen LogP contribution in [0.25, 0.3) is 0 Å². The summed E-state index contributed by atoms with van der Waals surface area (Å²) in [5, 5.41) is 3.40. The number of benzene rings is 1. The molecule has 2 rings (SSSR count). The van der Waals surface area contributed by atoms with Crippen LogP contribution in [0.4, 0.5) is 8.78 Å². The lowest BCUT2D eigenvalue weighted by atomic mass is 9.88. The Labute approximate surface area is 113 Å². The molecule has 2 nitrogen and oxygen atoms in total. The average Bonchev–Trinajstić information content (AvgIpc) is 2.75. The lowest BCUT2D eigenvalue weighted by Gasteiger charge is -2.27. The number of rotatable bonds is 5. The van der Waals surface area contributed by atoms with Crippen molar-refractivity contribution in [1.82, 2.24) is 5.32 Å². The minimum atomic E-state index is -0.523. The van der Waals surface area contributed by atoms with Gasteiger partial charge in [0, 0.05) is 24.6 Å². The van der Waals surface area contributed by atoms with Crippen molar-refractivity contribution < 1.29 is 13.5 Å². The number of ether oxygens (including phenoxy) is 1. The van der Waals surface area contributed by atoms with Crippen molar-refractivity contribution in [3.8, 4) is 0 Å². The van der Waals surface area contributed by atoms with Crippen molar-refractivity contribution in [3.63, 3.8) is 0 Å². The second kappa shape index (κ2) is 6.44. The maximum atomic E-state index is 13.4. The minimum absolute atomic E-state index is 0.0531. The van der Waals surface area contributed by atoms with Crippen molar-refractivity contribution in [2.75, 3.05) is 13.2 Å². The summed E-state index contributed by atoms with van der Waals surface area (Å²) in [5.74, 6) is -0.789. The maximum Gasteiger partial charge on any atom is 0.126 e. The summed E-state index contributed by atoms with van der Waals surface area (Å²) in [6.07, 6.45) is 2.01. The van der Waals surface area contributed by atoms with Crippen molar-refractivity contribution >= 4 is 0 Å². The van der Waals surface area contributed by atoms with Gasteiger partial charge in [0.1, 0.15) is 11.6 Å². The highest BCUT2D eigenvalue weighted by Crippen LogP contribution is 2.33. The molecule has 0 amide bonds. The van der Waals surface area contributed by atoms with Crippen LogP contribution in [0.5, 0.6) is 0 Å². The van der Waals surface area contributed by atoms with Crippen LogP contribution in [-0.2, 0) is 4.74 Å². The third-order valence-electron chi connectivity index (χ3n) is 3.72.